The molecule has 1 aromatic heterocycles. The van der Waals surface area contributed by atoms with Crippen LogP contribution in [0.5, 0.6) is 5.75 Å². The normalized spacial score (nSPS) is 12.6. The molecule has 0 saturated heterocycles. The Morgan fingerprint density at radius 3 is 1.90 bits per heavy atom. The fourth-order valence-electron chi connectivity index (χ4n) is 3.81. The summed E-state index contributed by atoms with van der Waals surface area (Å²) in [6.45, 7) is 9.13. The second kappa shape index (κ2) is 13.1. The van der Waals surface area contributed by atoms with Crippen molar-refractivity contribution in [1.29, 1.82) is 0 Å². The molecule has 0 aliphatic carbocycles. The number of thiazole rings is 1. The third-order valence-corrected chi connectivity index (χ3v) is 11.0. The predicted molar refractivity (Wildman–Crippen MR) is 161 cm³/mol. The molecule has 0 fully saturated rings. The molecule has 9 heteroatoms. The van der Waals surface area contributed by atoms with E-state index < -0.39 is 30.1 Å². The van der Waals surface area contributed by atoms with Gasteiger partial charge < -0.3 is 13.8 Å². The summed E-state index contributed by atoms with van der Waals surface area (Å²) in [5, 5.41) is 0.125. The van der Waals surface area contributed by atoms with Crippen LogP contribution in [0.15, 0.2) is 84.9 Å². The molecule has 39 heavy (non-hydrogen) atoms. The van der Waals surface area contributed by atoms with E-state index in [1.54, 1.807) is 39.8 Å². The molecular weight excluding hydrogens is 549 g/mol. The Morgan fingerprint density at radius 1 is 0.821 bits per heavy atom. The maximum Gasteiger partial charge on any atom is 0.373 e. The predicted octanol–water partition coefficient (Wildman–Crippen LogP) is 9.76. The third-order valence-electron chi connectivity index (χ3n) is 5.38. The van der Waals surface area contributed by atoms with Crippen molar-refractivity contribution in [3.63, 3.8) is 0 Å². The molecule has 0 amide bonds. The Kier molecular flexibility index (Phi) is 9.81. The first-order valence-corrected chi connectivity index (χ1v) is 16.0. The Morgan fingerprint density at radius 2 is 1.36 bits per heavy atom. The van der Waals surface area contributed by atoms with Crippen molar-refractivity contribution in [3.8, 4) is 27.6 Å². The number of ether oxygens (including phenoxy) is 1. The van der Waals surface area contributed by atoms with Gasteiger partial charge >= 0.3 is 12.9 Å². The van der Waals surface area contributed by atoms with E-state index >= 15 is 0 Å². The second-order valence-electron chi connectivity index (χ2n) is 9.45. The van der Waals surface area contributed by atoms with Crippen LogP contribution < -0.4 is 4.74 Å². The van der Waals surface area contributed by atoms with Gasteiger partial charge in [0.05, 0.1) is 22.8 Å². The van der Waals surface area contributed by atoms with E-state index in [0.717, 1.165) is 33.5 Å². The molecule has 1 heterocycles. The monoisotopic (exact) mass is 581 g/mol. The number of carbonyl (C=O) groups is 1. The average molecular weight is 582 g/mol. The molecule has 204 valence electrons. The van der Waals surface area contributed by atoms with Crippen LogP contribution in [0.25, 0.3) is 21.8 Å². The Balaban J connectivity index is 1.85. The van der Waals surface area contributed by atoms with Gasteiger partial charge in [-0.1, -0.05) is 78.4 Å². The van der Waals surface area contributed by atoms with Crippen LogP contribution in [0.2, 0.25) is 0 Å². The van der Waals surface area contributed by atoms with Crippen molar-refractivity contribution in [2.45, 2.75) is 51.8 Å². The van der Waals surface area contributed by atoms with Gasteiger partial charge in [0, 0.05) is 11.1 Å². The highest BCUT2D eigenvalue weighted by molar-refractivity contribution is 8.17. The zero-order valence-electron chi connectivity index (χ0n) is 22.6. The average Bonchev–Trinajstić information content (AvgIpc) is 3.34. The van der Waals surface area contributed by atoms with Gasteiger partial charge in [-0.25, -0.2) is 9.78 Å². The molecule has 4 rings (SSSR count). The summed E-state index contributed by atoms with van der Waals surface area (Å²) >= 11 is 2.18. The molecule has 0 aliphatic rings. The topological polar surface area (TPSA) is 74.7 Å². The van der Waals surface area contributed by atoms with Crippen molar-refractivity contribution in [2.75, 3.05) is 0 Å². The molecule has 0 aliphatic heterocycles. The van der Waals surface area contributed by atoms with E-state index in [9.17, 15) is 9.36 Å². The minimum Gasteiger partial charge on any atom is -0.418 e. The van der Waals surface area contributed by atoms with Crippen LogP contribution in [-0.2, 0) is 13.6 Å². The van der Waals surface area contributed by atoms with Crippen molar-refractivity contribution in [1.82, 2.24) is 4.98 Å². The summed E-state index contributed by atoms with van der Waals surface area (Å²) in [4.78, 5) is 17.9. The van der Waals surface area contributed by atoms with Crippen molar-refractivity contribution < 1.29 is 23.1 Å². The van der Waals surface area contributed by atoms with Gasteiger partial charge in [0.15, 0.2) is 4.99 Å². The molecule has 0 spiro atoms. The van der Waals surface area contributed by atoms with Crippen LogP contribution in [-0.4, -0.2) is 22.5 Å². The first-order valence-electron chi connectivity index (χ1n) is 12.7. The van der Waals surface area contributed by atoms with Crippen molar-refractivity contribution in [2.24, 2.45) is 0 Å². The van der Waals surface area contributed by atoms with Crippen LogP contribution >= 0.6 is 30.7 Å². The minimum atomic E-state index is -3.92. The lowest BCUT2D eigenvalue weighted by Crippen LogP contribution is -2.14. The van der Waals surface area contributed by atoms with Crippen molar-refractivity contribution >= 4 is 36.0 Å². The number of carbonyl (C=O) groups excluding carboxylic acids is 1. The summed E-state index contributed by atoms with van der Waals surface area (Å²) in [7, 11) is -3.92. The molecule has 1 unspecified atom stereocenters. The van der Waals surface area contributed by atoms with E-state index in [0.29, 0.717) is 16.3 Å². The van der Waals surface area contributed by atoms with E-state index in [2.05, 4.69) is 0 Å². The van der Waals surface area contributed by atoms with Gasteiger partial charge in [0.1, 0.15) is 10.8 Å². The Hall–Kier alpha value is -2.74. The van der Waals surface area contributed by atoms with Gasteiger partial charge in [-0.3, -0.25) is 4.57 Å². The fourth-order valence-corrected chi connectivity index (χ4v) is 9.08. The summed E-state index contributed by atoms with van der Waals surface area (Å²) in [5.41, 5.74) is 3.43. The van der Waals surface area contributed by atoms with E-state index in [1.165, 1.54) is 11.3 Å². The van der Waals surface area contributed by atoms with Gasteiger partial charge in [-0.05, 0) is 58.5 Å². The smallest absolute Gasteiger partial charge is 0.373 e. The molecule has 0 radical (unpaired) electrons. The summed E-state index contributed by atoms with van der Waals surface area (Å²) in [5.74, 6) is 0.402. The van der Waals surface area contributed by atoms with Crippen LogP contribution in [0.4, 0.5) is 4.79 Å². The highest BCUT2D eigenvalue weighted by Crippen LogP contribution is 2.69. The zero-order chi connectivity index (χ0) is 28.0. The molecule has 0 bridgehead atoms. The minimum absolute atomic E-state index is 0.402. The number of rotatable bonds is 10. The van der Waals surface area contributed by atoms with Crippen LogP contribution in [0.3, 0.4) is 0 Å². The molecule has 0 saturated carbocycles. The van der Waals surface area contributed by atoms with Crippen molar-refractivity contribution in [3.05, 3.63) is 95.4 Å². The lowest BCUT2D eigenvalue weighted by Gasteiger charge is -2.28. The molecule has 1 atom stereocenters. The number of benzene rings is 3. The molecular formula is C30H32NO5PS2. The van der Waals surface area contributed by atoms with E-state index in [-0.39, 0.29) is 0 Å². The highest BCUT2D eigenvalue weighted by atomic mass is 32.2. The number of hydrogen-bond donors (Lipinski definition) is 0. The standard InChI is InChI=1S/C30H32NO5PS2/c1-20(2)35-37(33,36-21(3)4)29(39-30(32)34-25-18-16-22(5)17-19-25)27-26(23-12-8-6-9-13-23)31-28(38-27)24-14-10-7-11-15-24/h6-21,29H,1-5H3. The fraction of sp³-hybridized carbons (Fsp3) is 0.267. The number of aromatic nitrogens is 1. The number of nitrogens with zero attached hydrogens (tertiary/aromatic N) is 1. The Labute approximate surface area is 238 Å². The molecule has 0 N–H and O–H groups in total. The number of aryl methyl sites for hydroxylation is 1. The van der Waals surface area contributed by atoms with Gasteiger partial charge in [-0.2, -0.15) is 0 Å². The van der Waals surface area contributed by atoms with Gasteiger partial charge in [-0.15, -0.1) is 11.3 Å². The van der Waals surface area contributed by atoms with Crippen LogP contribution in [0.1, 0.15) is 43.1 Å². The van der Waals surface area contributed by atoms with E-state index in [1.807, 2.05) is 79.7 Å². The largest absolute Gasteiger partial charge is 0.418 e. The quantitative estimate of drug-likeness (QED) is 0.136. The number of hydrogen-bond acceptors (Lipinski definition) is 8. The second-order valence-corrected chi connectivity index (χ2v) is 13.9. The number of thioether (sulfide) groups is 1. The third kappa shape index (κ3) is 7.68. The molecule has 6 nitrogen and oxygen atoms in total. The maximum absolute atomic E-state index is 14.6. The summed E-state index contributed by atoms with van der Waals surface area (Å²) < 4.78 is 32.3. The first-order chi connectivity index (χ1) is 18.6. The molecule has 3 aromatic carbocycles. The first kappa shape index (κ1) is 29.2. The zero-order valence-corrected chi connectivity index (χ0v) is 25.1. The summed E-state index contributed by atoms with van der Waals surface area (Å²) in [6, 6.07) is 26.6. The van der Waals surface area contributed by atoms with Gasteiger partial charge in [0.2, 0.25) is 0 Å². The highest BCUT2D eigenvalue weighted by Gasteiger charge is 2.45. The Bertz CT molecular complexity index is 1410. The SMILES string of the molecule is Cc1ccc(OC(=O)SC(c2sc(-c3ccccc3)nc2-c2ccccc2)P(=O)(OC(C)C)OC(C)C)cc1. The molecule has 4 aromatic rings. The maximum atomic E-state index is 14.6. The lowest BCUT2D eigenvalue weighted by molar-refractivity contribution is 0.141. The van der Waals surface area contributed by atoms with E-state index in [4.69, 9.17) is 18.8 Å². The van der Waals surface area contributed by atoms with Gasteiger partial charge in [0.25, 0.3) is 0 Å². The summed E-state index contributed by atoms with van der Waals surface area (Å²) in [6.07, 6.45) is -0.819. The van der Waals surface area contributed by atoms with Crippen LogP contribution in [0, 0.1) is 6.92 Å². The lowest BCUT2D eigenvalue weighted by atomic mass is 10.1.